The fourth-order valence-electron chi connectivity index (χ4n) is 0. The number of hydrogen-bond donors (Lipinski definition) is 6. The van der Waals surface area contributed by atoms with Gasteiger partial charge in [-0.1, -0.05) is 34.1 Å². The molecule has 0 aromatic carbocycles. The molecule has 0 saturated carbocycles. The first-order valence-electron chi connectivity index (χ1n) is 3.98. The van der Waals surface area contributed by atoms with E-state index in [-0.39, 0.29) is 12.4 Å². The maximum absolute atomic E-state index is 7.56. The van der Waals surface area contributed by atoms with Gasteiger partial charge in [-0.25, -0.2) is 0 Å². The fraction of sp³-hybridized carbons (Fsp3) is 1.00. The minimum Gasteiger partial charge on any atom is -0.325 e. The van der Waals surface area contributed by atoms with Crippen molar-refractivity contribution < 1.29 is 29.4 Å². The lowest BCUT2D eigenvalue weighted by atomic mass is 10.6. The van der Waals surface area contributed by atoms with E-state index in [9.17, 15) is 0 Å². The molecule has 0 aliphatic carbocycles. The van der Waals surface area contributed by atoms with E-state index >= 15 is 0 Å². The van der Waals surface area contributed by atoms with Gasteiger partial charge in [0.1, 0.15) is 0 Å². The van der Waals surface area contributed by atoms with Gasteiger partial charge in [0.2, 0.25) is 0 Å². The summed E-state index contributed by atoms with van der Waals surface area (Å²) in [6.45, 7) is 0.639. The summed E-state index contributed by atoms with van der Waals surface area (Å²) in [6.07, 6.45) is 1.25. The van der Waals surface area contributed by atoms with Crippen LogP contribution >= 0.6 is 25.8 Å². The summed E-state index contributed by atoms with van der Waals surface area (Å²) in [5, 5.41) is 0. The van der Waals surface area contributed by atoms with E-state index in [4.69, 9.17) is 29.4 Å². The molecule has 0 aliphatic heterocycles. The number of halogens is 1. The van der Waals surface area contributed by atoms with Gasteiger partial charge in [-0.2, -0.15) is 0 Å². The summed E-state index contributed by atoms with van der Waals surface area (Å²) >= 11 is 7.21. The smallest absolute Gasteiger partial charge is 0.319 e. The highest BCUT2D eigenvalue weighted by Crippen LogP contribution is 2.26. The Morgan fingerprint density at radius 3 is 0.750 bits per heavy atom. The summed E-state index contributed by atoms with van der Waals surface area (Å²) in [5.41, 5.74) is 0. The lowest BCUT2D eigenvalue weighted by Crippen LogP contribution is -1.65. The largest absolute Gasteiger partial charge is 0.325 e. The Balaban J connectivity index is -0.0000000349. The highest BCUT2D eigenvalue weighted by molar-refractivity contribution is 8.06. The van der Waals surface area contributed by atoms with Crippen LogP contribution in [0, 0.1) is 0 Å². The first kappa shape index (κ1) is 30.4. The third-order valence-electron chi connectivity index (χ3n) is 0. The van der Waals surface area contributed by atoms with E-state index in [1.165, 1.54) is 6.42 Å². The zero-order valence-corrected chi connectivity index (χ0v) is 13.7. The molecule has 0 saturated heterocycles. The van der Waals surface area contributed by atoms with Crippen molar-refractivity contribution in [3.8, 4) is 0 Å². The minimum absolute atomic E-state index is 0. The molecule has 0 spiro atoms. The van der Waals surface area contributed by atoms with Crippen LogP contribution in [-0.4, -0.2) is 29.4 Å². The second-order valence-electron chi connectivity index (χ2n) is 1.73. The molecule has 11 heteroatoms. The van der Waals surface area contributed by atoms with Crippen LogP contribution in [0.25, 0.3) is 0 Å². The standard InChI is InChI=1S/C3H8.C2H6.ClH.2H3O3PS/c1-3-2;1-2;;2*1-4(2,3)5/h3H2,1-2H3;1-2H3;1H;2*(H3,1,2,3,5). The summed E-state index contributed by atoms with van der Waals surface area (Å²) in [6, 6.07) is 0. The SMILES string of the molecule is CC.CCC.Cl.OP(O)(O)=S.OP(O)(O)=S. The van der Waals surface area contributed by atoms with Crippen molar-refractivity contribution in [2.45, 2.75) is 34.1 Å². The van der Waals surface area contributed by atoms with Crippen LogP contribution in [0.15, 0.2) is 0 Å². The van der Waals surface area contributed by atoms with Gasteiger partial charge in [0.15, 0.2) is 0 Å². The molecule has 0 bridgehead atoms. The molecule has 0 amide bonds. The van der Waals surface area contributed by atoms with E-state index in [1.807, 2.05) is 13.8 Å². The third-order valence-corrected chi connectivity index (χ3v) is 0. The molecule has 0 fully saturated rings. The summed E-state index contributed by atoms with van der Waals surface area (Å²) < 4.78 is 0. The second kappa shape index (κ2) is 18.7. The van der Waals surface area contributed by atoms with Crippen LogP contribution in [0.3, 0.4) is 0 Å². The first-order chi connectivity index (χ1) is 6.41. The Morgan fingerprint density at radius 1 is 0.750 bits per heavy atom. The van der Waals surface area contributed by atoms with Gasteiger partial charge < -0.3 is 29.4 Å². The Morgan fingerprint density at radius 2 is 0.750 bits per heavy atom. The molecule has 0 aromatic rings. The Kier molecular flexibility index (Phi) is 35.6. The molecule has 0 atom stereocenters. The van der Waals surface area contributed by atoms with Gasteiger partial charge in [-0.3, -0.25) is 0 Å². The zero-order valence-electron chi connectivity index (χ0n) is 9.51. The van der Waals surface area contributed by atoms with Gasteiger partial charge in [0.05, 0.1) is 0 Å². The van der Waals surface area contributed by atoms with Crippen LogP contribution in [0.5, 0.6) is 0 Å². The number of hydrogen-bond acceptors (Lipinski definition) is 2. The highest BCUT2D eigenvalue weighted by Gasteiger charge is 1.92. The minimum atomic E-state index is -3.81. The molecule has 16 heavy (non-hydrogen) atoms. The van der Waals surface area contributed by atoms with Crippen LogP contribution in [0.4, 0.5) is 0 Å². The van der Waals surface area contributed by atoms with Crippen molar-refractivity contribution in [1.82, 2.24) is 0 Å². The molecular weight excluding hydrogens is 318 g/mol. The van der Waals surface area contributed by atoms with Crippen molar-refractivity contribution >= 4 is 49.5 Å². The van der Waals surface area contributed by atoms with E-state index in [1.54, 1.807) is 0 Å². The van der Waals surface area contributed by atoms with Gasteiger partial charge in [0.25, 0.3) is 0 Å². The Bertz CT molecular complexity index is 157. The quantitative estimate of drug-likeness (QED) is 0.365. The van der Waals surface area contributed by atoms with Crippen LogP contribution < -0.4 is 0 Å². The Labute approximate surface area is 113 Å². The molecule has 0 rings (SSSR count). The first-order valence-corrected chi connectivity index (χ1v) is 9.30. The van der Waals surface area contributed by atoms with Gasteiger partial charge >= 0.3 is 13.4 Å². The van der Waals surface area contributed by atoms with Crippen LogP contribution in [-0.2, 0) is 23.6 Å². The van der Waals surface area contributed by atoms with E-state index in [0.717, 1.165) is 0 Å². The molecule has 106 valence electrons. The summed E-state index contributed by atoms with van der Waals surface area (Å²) in [5.74, 6) is 0. The van der Waals surface area contributed by atoms with E-state index in [0.29, 0.717) is 0 Å². The normalized spacial score (nSPS) is 8.88. The Hall–Kier alpha value is 1.35. The topological polar surface area (TPSA) is 121 Å². The predicted molar refractivity (Wildman–Crippen MR) is 76.4 cm³/mol. The molecular formula is C5H21ClO6P2S2. The van der Waals surface area contributed by atoms with E-state index < -0.39 is 13.4 Å². The molecule has 0 aliphatic rings. The van der Waals surface area contributed by atoms with Crippen molar-refractivity contribution in [2.75, 3.05) is 0 Å². The van der Waals surface area contributed by atoms with Crippen molar-refractivity contribution in [1.29, 1.82) is 0 Å². The maximum atomic E-state index is 7.56. The maximum Gasteiger partial charge on any atom is 0.319 e. The molecule has 0 unspecified atom stereocenters. The van der Waals surface area contributed by atoms with Crippen molar-refractivity contribution in [3.05, 3.63) is 0 Å². The fourth-order valence-corrected chi connectivity index (χ4v) is 0. The highest BCUT2D eigenvalue weighted by atomic mass is 35.5. The average molecular weight is 339 g/mol. The van der Waals surface area contributed by atoms with Gasteiger partial charge in [-0.15, -0.1) is 12.4 Å². The van der Waals surface area contributed by atoms with E-state index in [2.05, 4.69) is 37.5 Å². The van der Waals surface area contributed by atoms with Gasteiger partial charge in [0, 0.05) is 0 Å². The third kappa shape index (κ3) is 1730. The lowest BCUT2D eigenvalue weighted by Gasteiger charge is -1.88. The molecule has 0 aromatic heterocycles. The monoisotopic (exact) mass is 338 g/mol. The van der Waals surface area contributed by atoms with Gasteiger partial charge in [-0.05, 0) is 23.6 Å². The molecule has 0 radical (unpaired) electrons. The second-order valence-corrected chi connectivity index (χ2v) is 6.73. The zero-order chi connectivity index (χ0) is 13.7. The predicted octanol–water partition coefficient (Wildman–Crippen LogP) is 1.24. The van der Waals surface area contributed by atoms with Crippen LogP contribution in [0.2, 0.25) is 0 Å². The summed E-state index contributed by atoms with van der Waals surface area (Å²) in [7, 11) is 0. The molecule has 6 N–H and O–H groups in total. The summed E-state index contributed by atoms with van der Waals surface area (Å²) in [4.78, 5) is 45.3. The lowest BCUT2D eigenvalue weighted by molar-refractivity contribution is 0.361. The number of rotatable bonds is 0. The van der Waals surface area contributed by atoms with Crippen LogP contribution in [0.1, 0.15) is 34.1 Å². The molecule has 6 nitrogen and oxygen atoms in total. The average Bonchev–Trinajstić information content (AvgIpc) is 1.84. The molecule has 0 heterocycles. The van der Waals surface area contributed by atoms with Crippen molar-refractivity contribution in [2.24, 2.45) is 0 Å². The van der Waals surface area contributed by atoms with Crippen molar-refractivity contribution in [3.63, 3.8) is 0 Å².